The number of carbonyl (C=O) groups excluding carboxylic acids is 1. The van der Waals surface area contributed by atoms with Crippen molar-refractivity contribution < 1.29 is 19.2 Å². The first-order valence-corrected chi connectivity index (χ1v) is 9.01. The maximum Gasteiger partial charge on any atom is 0.270 e. The normalized spacial score (nSPS) is 13.8. The number of ether oxygens (including phenoxy) is 2. The first kappa shape index (κ1) is 18.4. The highest BCUT2D eigenvalue weighted by Crippen LogP contribution is 2.35. The fraction of sp³-hybridized carbons (Fsp3) is 0.0870. The second-order valence-electron chi connectivity index (χ2n) is 6.66. The van der Waals surface area contributed by atoms with Gasteiger partial charge in [-0.2, -0.15) is 0 Å². The number of nitro groups is 1. The van der Waals surface area contributed by atoms with Crippen molar-refractivity contribution in [2.45, 2.75) is 13.5 Å². The molecule has 6 heteroatoms. The number of aryl methyl sites for hydroxylation is 1. The Balaban J connectivity index is 1.53. The van der Waals surface area contributed by atoms with Crippen LogP contribution in [0.4, 0.5) is 5.69 Å². The second-order valence-corrected chi connectivity index (χ2v) is 6.66. The number of ketones is 1. The zero-order chi connectivity index (χ0) is 20.4. The molecule has 0 aliphatic carbocycles. The van der Waals surface area contributed by atoms with E-state index in [1.807, 2.05) is 31.2 Å². The van der Waals surface area contributed by atoms with Gasteiger partial charge in [0.05, 0.1) is 10.5 Å². The van der Waals surface area contributed by atoms with Crippen molar-refractivity contribution in [3.05, 3.63) is 105 Å². The Labute approximate surface area is 167 Å². The number of nitrogens with zero attached hydrogens (tertiary/aromatic N) is 1. The van der Waals surface area contributed by atoms with E-state index in [-0.39, 0.29) is 17.2 Å². The van der Waals surface area contributed by atoms with Gasteiger partial charge >= 0.3 is 0 Å². The summed E-state index contributed by atoms with van der Waals surface area (Å²) < 4.78 is 11.5. The summed E-state index contributed by atoms with van der Waals surface area (Å²) >= 11 is 0. The number of non-ortho nitro benzene ring substituents is 1. The lowest BCUT2D eigenvalue weighted by atomic mass is 10.1. The summed E-state index contributed by atoms with van der Waals surface area (Å²) in [6.45, 7) is 2.43. The SMILES string of the molecule is Cc1ccccc1COc1ccc2c(c1)O/C(=C\c1cccc([N+](=O)[O-])c1)C2=O. The van der Waals surface area contributed by atoms with Crippen molar-refractivity contribution in [1.82, 2.24) is 0 Å². The van der Waals surface area contributed by atoms with E-state index in [2.05, 4.69) is 0 Å². The summed E-state index contributed by atoms with van der Waals surface area (Å²) in [6.07, 6.45) is 1.50. The molecule has 0 N–H and O–H groups in total. The zero-order valence-electron chi connectivity index (χ0n) is 15.6. The molecule has 0 fully saturated rings. The lowest BCUT2D eigenvalue weighted by Gasteiger charge is -2.09. The van der Waals surface area contributed by atoms with E-state index < -0.39 is 4.92 Å². The lowest BCUT2D eigenvalue weighted by molar-refractivity contribution is -0.384. The van der Waals surface area contributed by atoms with Crippen LogP contribution in [0.15, 0.2) is 72.5 Å². The molecule has 6 nitrogen and oxygen atoms in total. The van der Waals surface area contributed by atoms with Gasteiger partial charge in [0.2, 0.25) is 5.78 Å². The molecule has 0 saturated carbocycles. The largest absolute Gasteiger partial charge is 0.489 e. The van der Waals surface area contributed by atoms with Crippen molar-refractivity contribution >= 4 is 17.5 Å². The fourth-order valence-electron chi connectivity index (χ4n) is 3.07. The van der Waals surface area contributed by atoms with Gasteiger partial charge in [-0.05, 0) is 41.8 Å². The van der Waals surface area contributed by atoms with Gasteiger partial charge in [0, 0.05) is 18.2 Å². The van der Waals surface area contributed by atoms with Crippen LogP contribution in [0.3, 0.4) is 0 Å². The van der Waals surface area contributed by atoms with Crippen molar-refractivity contribution in [2.75, 3.05) is 0 Å². The molecule has 0 spiro atoms. The Hall–Kier alpha value is -3.93. The number of Topliss-reactive ketones (excluding diaryl/α,β-unsaturated/α-hetero) is 1. The van der Waals surface area contributed by atoms with Gasteiger partial charge in [0.25, 0.3) is 5.69 Å². The molecular formula is C23H17NO5. The van der Waals surface area contributed by atoms with Crippen LogP contribution in [0.1, 0.15) is 27.0 Å². The summed E-state index contributed by atoms with van der Waals surface area (Å²) in [5.41, 5.74) is 3.13. The van der Waals surface area contributed by atoms with Crippen molar-refractivity contribution in [3.63, 3.8) is 0 Å². The predicted octanol–water partition coefficient (Wildman–Crippen LogP) is 5.10. The number of allylic oxidation sites excluding steroid dienone is 1. The lowest BCUT2D eigenvalue weighted by Crippen LogP contribution is -1.98. The molecule has 4 rings (SSSR count). The van der Waals surface area contributed by atoms with Gasteiger partial charge in [-0.25, -0.2) is 0 Å². The van der Waals surface area contributed by atoms with Gasteiger partial charge in [0.15, 0.2) is 5.76 Å². The summed E-state index contributed by atoms with van der Waals surface area (Å²) in [4.78, 5) is 23.0. The Bertz CT molecular complexity index is 1150. The third-order valence-electron chi connectivity index (χ3n) is 4.68. The molecular weight excluding hydrogens is 370 g/mol. The van der Waals surface area contributed by atoms with Gasteiger partial charge in [0.1, 0.15) is 18.1 Å². The van der Waals surface area contributed by atoms with Crippen molar-refractivity contribution in [3.8, 4) is 11.5 Å². The molecule has 0 atom stereocenters. The molecule has 3 aromatic carbocycles. The highest BCUT2D eigenvalue weighted by Gasteiger charge is 2.28. The van der Waals surface area contributed by atoms with Crippen LogP contribution in [-0.2, 0) is 6.61 Å². The van der Waals surface area contributed by atoms with Gasteiger partial charge in [-0.15, -0.1) is 0 Å². The maximum atomic E-state index is 12.6. The Morgan fingerprint density at radius 2 is 1.90 bits per heavy atom. The summed E-state index contributed by atoms with van der Waals surface area (Å²) in [5, 5.41) is 10.9. The Morgan fingerprint density at radius 1 is 1.07 bits per heavy atom. The van der Waals surface area contributed by atoms with Crippen LogP contribution >= 0.6 is 0 Å². The van der Waals surface area contributed by atoms with Crippen LogP contribution < -0.4 is 9.47 Å². The summed E-state index contributed by atoms with van der Waals surface area (Å²) in [6, 6.07) is 19.1. The maximum absolute atomic E-state index is 12.6. The third kappa shape index (κ3) is 3.87. The van der Waals surface area contributed by atoms with Crippen LogP contribution in [0.25, 0.3) is 6.08 Å². The van der Waals surface area contributed by atoms with E-state index in [1.165, 1.54) is 18.2 Å². The molecule has 1 heterocycles. The van der Waals surface area contributed by atoms with E-state index in [4.69, 9.17) is 9.47 Å². The first-order chi connectivity index (χ1) is 14.0. The Kier molecular flexibility index (Phi) is 4.83. The fourth-order valence-corrected chi connectivity index (χ4v) is 3.07. The molecule has 0 unspecified atom stereocenters. The Morgan fingerprint density at radius 3 is 2.69 bits per heavy atom. The molecule has 29 heavy (non-hydrogen) atoms. The minimum absolute atomic E-state index is 0.0470. The second kappa shape index (κ2) is 7.59. The van der Waals surface area contributed by atoms with Crippen molar-refractivity contribution in [2.24, 2.45) is 0 Å². The molecule has 1 aliphatic heterocycles. The van der Waals surface area contributed by atoms with E-state index in [9.17, 15) is 14.9 Å². The highest BCUT2D eigenvalue weighted by molar-refractivity contribution is 6.14. The van der Waals surface area contributed by atoms with Crippen LogP contribution in [0.5, 0.6) is 11.5 Å². The molecule has 0 saturated heterocycles. The molecule has 0 aromatic heterocycles. The van der Waals surface area contributed by atoms with Crippen molar-refractivity contribution in [1.29, 1.82) is 0 Å². The van der Waals surface area contributed by atoms with E-state index in [0.29, 0.717) is 29.2 Å². The number of carbonyl (C=O) groups is 1. The summed E-state index contributed by atoms with van der Waals surface area (Å²) in [5.74, 6) is 0.860. The highest BCUT2D eigenvalue weighted by atomic mass is 16.6. The number of hydrogen-bond donors (Lipinski definition) is 0. The molecule has 3 aromatic rings. The minimum Gasteiger partial charge on any atom is -0.489 e. The number of benzene rings is 3. The first-order valence-electron chi connectivity index (χ1n) is 9.01. The standard InChI is InChI=1S/C23H17NO5/c1-15-5-2-3-7-17(15)14-28-19-9-10-20-21(13-19)29-22(23(20)25)12-16-6-4-8-18(11-16)24(26)27/h2-13H,14H2,1H3/b22-12-. The predicted molar refractivity (Wildman–Crippen MR) is 108 cm³/mol. The number of fused-ring (bicyclic) bond motifs is 1. The smallest absolute Gasteiger partial charge is 0.270 e. The monoisotopic (exact) mass is 387 g/mol. The zero-order valence-corrected chi connectivity index (χ0v) is 15.6. The minimum atomic E-state index is -0.480. The molecule has 0 bridgehead atoms. The molecule has 1 aliphatic rings. The van der Waals surface area contributed by atoms with Crippen LogP contribution in [0.2, 0.25) is 0 Å². The average Bonchev–Trinajstić information content (AvgIpc) is 3.02. The van der Waals surface area contributed by atoms with Gasteiger partial charge in [-0.3, -0.25) is 14.9 Å². The van der Waals surface area contributed by atoms with Gasteiger partial charge in [-0.1, -0.05) is 36.4 Å². The molecule has 0 amide bonds. The van der Waals surface area contributed by atoms with E-state index in [1.54, 1.807) is 30.3 Å². The number of hydrogen-bond acceptors (Lipinski definition) is 5. The third-order valence-corrected chi connectivity index (χ3v) is 4.68. The quantitative estimate of drug-likeness (QED) is 0.346. The average molecular weight is 387 g/mol. The summed E-state index contributed by atoms with van der Waals surface area (Å²) in [7, 11) is 0. The number of rotatable bonds is 5. The van der Waals surface area contributed by atoms with E-state index in [0.717, 1.165) is 11.1 Å². The number of nitro benzene ring substituents is 1. The van der Waals surface area contributed by atoms with E-state index >= 15 is 0 Å². The van der Waals surface area contributed by atoms with Crippen LogP contribution in [0, 0.1) is 17.0 Å². The van der Waals surface area contributed by atoms with Crippen LogP contribution in [-0.4, -0.2) is 10.7 Å². The molecule has 0 radical (unpaired) electrons. The molecule has 144 valence electrons. The van der Waals surface area contributed by atoms with Gasteiger partial charge < -0.3 is 9.47 Å². The topological polar surface area (TPSA) is 78.7 Å².